The first kappa shape index (κ1) is 13.8. The van der Waals surface area contributed by atoms with Gasteiger partial charge in [-0.25, -0.2) is 4.98 Å². The average Bonchev–Trinajstić information content (AvgIpc) is 2.97. The fourth-order valence-electron chi connectivity index (χ4n) is 1.59. The maximum atomic E-state index is 11.7. The number of thiazole rings is 1. The predicted molar refractivity (Wildman–Crippen MR) is 72.9 cm³/mol. The Morgan fingerprint density at radius 2 is 2.37 bits per heavy atom. The zero-order chi connectivity index (χ0) is 13.8. The van der Waals surface area contributed by atoms with Crippen LogP contribution in [0, 0.1) is 6.92 Å². The molecule has 19 heavy (non-hydrogen) atoms. The summed E-state index contributed by atoms with van der Waals surface area (Å²) in [6.45, 7) is 3.55. The average molecular weight is 280 g/mol. The molecule has 5 nitrogen and oxygen atoms in total. The first-order valence-electron chi connectivity index (χ1n) is 6.00. The minimum absolute atomic E-state index is 0.0697. The number of rotatable bonds is 5. The lowest BCUT2D eigenvalue weighted by Gasteiger charge is -2.09. The van der Waals surface area contributed by atoms with E-state index < -0.39 is 0 Å². The molecule has 0 bridgehead atoms. The standard InChI is InChI=1S/C13H16N2O3S/c1-8(6-16)14-12(17)5-10-7-19-13(15-10)11-4-3-9(2)18-11/h3-4,7-8,16H,5-6H2,1-2H3,(H,14,17). The molecule has 0 aliphatic heterocycles. The molecular weight excluding hydrogens is 264 g/mol. The molecule has 102 valence electrons. The number of hydrogen-bond donors (Lipinski definition) is 2. The van der Waals surface area contributed by atoms with Gasteiger partial charge in [-0.3, -0.25) is 4.79 Å². The van der Waals surface area contributed by atoms with E-state index in [1.807, 2.05) is 24.4 Å². The van der Waals surface area contributed by atoms with Gasteiger partial charge in [-0.05, 0) is 26.0 Å². The van der Waals surface area contributed by atoms with Gasteiger partial charge in [0.1, 0.15) is 5.76 Å². The van der Waals surface area contributed by atoms with Crippen LogP contribution < -0.4 is 5.32 Å². The van der Waals surface area contributed by atoms with E-state index in [1.54, 1.807) is 6.92 Å². The van der Waals surface area contributed by atoms with E-state index in [0.717, 1.165) is 16.5 Å². The highest BCUT2D eigenvalue weighted by molar-refractivity contribution is 7.13. The Labute approximate surface area is 115 Å². The van der Waals surface area contributed by atoms with Crippen LogP contribution in [0.25, 0.3) is 10.8 Å². The summed E-state index contributed by atoms with van der Waals surface area (Å²) in [6, 6.07) is 3.51. The maximum Gasteiger partial charge on any atom is 0.226 e. The van der Waals surface area contributed by atoms with Crippen LogP contribution in [0.2, 0.25) is 0 Å². The highest BCUT2D eigenvalue weighted by atomic mass is 32.1. The van der Waals surface area contributed by atoms with E-state index in [4.69, 9.17) is 9.52 Å². The van der Waals surface area contributed by atoms with Crippen molar-refractivity contribution in [1.82, 2.24) is 10.3 Å². The predicted octanol–water partition coefficient (Wildman–Crippen LogP) is 1.75. The zero-order valence-corrected chi connectivity index (χ0v) is 11.7. The Morgan fingerprint density at radius 3 is 3.00 bits per heavy atom. The molecule has 0 spiro atoms. The molecule has 1 unspecified atom stereocenters. The minimum atomic E-state index is -0.238. The summed E-state index contributed by atoms with van der Waals surface area (Å²) in [5, 5.41) is 14.2. The SMILES string of the molecule is Cc1ccc(-c2nc(CC(=O)NC(C)CO)cs2)o1. The van der Waals surface area contributed by atoms with E-state index in [9.17, 15) is 4.79 Å². The van der Waals surface area contributed by atoms with Crippen molar-refractivity contribution >= 4 is 17.2 Å². The zero-order valence-electron chi connectivity index (χ0n) is 10.8. The number of nitrogens with one attached hydrogen (secondary N) is 1. The Morgan fingerprint density at radius 1 is 1.58 bits per heavy atom. The summed E-state index contributed by atoms with van der Waals surface area (Å²) in [5.74, 6) is 1.41. The third-order valence-corrected chi connectivity index (χ3v) is 3.43. The largest absolute Gasteiger partial charge is 0.459 e. The highest BCUT2D eigenvalue weighted by Crippen LogP contribution is 2.25. The Kier molecular flexibility index (Phi) is 4.34. The van der Waals surface area contributed by atoms with Gasteiger partial charge in [-0.1, -0.05) is 0 Å². The second-order valence-corrected chi connectivity index (χ2v) is 5.24. The van der Waals surface area contributed by atoms with Gasteiger partial charge in [0.2, 0.25) is 5.91 Å². The fraction of sp³-hybridized carbons (Fsp3) is 0.385. The number of aryl methyl sites for hydroxylation is 1. The van der Waals surface area contributed by atoms with Gasteiger partial charge in [0.25, 0.3) is 0 Å². The van der Waals surface area contributed by atoms with Crippen LogP contribution in [-0.2, 0) is 11.2 Å². The summed E-state index contributed by atoms with van der Waals surface area (Å²) in [4.78, 5) is 16.0. The molecule has 0 saturated carbocycles. The quantitative estimate of drug-likeness (QED) is 0.875. The third-order valence-electron chi connectivity index (χ3n) is 2.53. The molecular formula is C13H16N2O3S. The van der Waals surface area contributed by atoms with Crippen molar-refractivity contribution in [1.29, 1.82) is 0 Å². The number of aliphatic hydroxyl groups is 1. The number of amides is 1. The van der Waals surface area contributed by atoms with Crippen LogP contribution in [-0.4, -0.2) is 28.6 Å². The van der Waals surface area contributed by atoms with Crippen molar-refractivity contribution in [3.8, 4) is 10.8 Å². The van der Waals surface area contributed by atoms with Gasteiger partial charge in [0.15, 0.2) is 10.8 Å². The van der Waals surface area contributed by atoms with Gasteiger partial charge < -0.3 is 14.8 Å². The first-order chi connectivity index (χ1) is 9.08. The molecule has 1 amide bonds. The molecule has 0 aliphatic rings. The molecule has 0 aliphatic carbocycles. The normalized spacial score (nSPS) is 12.4. The smallest absolute Gasteiger partial charge is 0.226 e. The van der Waals surface area contributed by atoms with E-state index >= 15 is 0 Å². The van der Waals surface area contributed by atoms with Gasteiger partial charge in [-0.15, -0.1) is 11.3 Å². The van der Waals surface area contributed by atoms with Crippen molar-refractivity contribution in [2.24, 2.45) is 0 Å². The first-order valence-corrected chi connectivity index (χ1v) is 6.88. The van der Waals surface area contributed by atoms with E-state index in [-0.39, 0.29) is 25.0 Å². The second kappa shape index (κ2) is 5.99. The van der Waals surface area contributed by atoms with E-state index in [2.05, 4.69) is 10.3 Å². The molecule has 2 N–H and O–H groups in total. The Bertz CT molecular complexity index is 562. The molecule has 0 radical (unpaired) electrons. The molecule has 2 heterocycles. The molecule has 2 rings (SSSR count). The van der Waals surface area contributed by atoms with Gasteiger partial charge in [0.05, 0.1) is 18.7 Å². The lowest BCUT2D eigenvalue weighted by molar-refractivity contribution is -0.121. The van der Waals surface area contributed by atoms with Gasteiger partial charge in [0, 0.05) is 11.4 Å². The topological polar surface area (TPSA) is 75.4 Å². The van der Waals surface area contributed by atoms with Crippen LogP contribution in [0.3, 0.4) is 0 Å². The second-order valence-electron chi connectivity index (χ2n) is 4.38. The van der Waals surface area contributed by atoms with Crippen LogP contribution in [0.1, 0.15) is 18.4 Å². The van der Waals surface area contributed by atoms with Crippen LogP contribution in [0.4, 0.5) is 0 Å². The summed E-state index contributed by atoms with van der Waals surface area (Å²) in [5.41, 5.74) is 0.705. The molecule has 2 aromatic rings. The summed E-state index contributed by atoms with van der Waals surface area (Å²) >= 11 is 1.45. The Balaban J connectivity index is 2.00. The number of carbonyl (C=O) groups excluding carboxylic acids is 1. The summed E-state index contributed by atoms with van der Waals surface area (Å²) in [6.07, 6.45) is 0.209. The molecule has 0 fully saturated rings. The van der Waals surface area contributed by atoms with Gasteiger partial charge >= 0.3 is 0 Å². The van der Waals surface area contributed by atoms with E-state index in [1.165, 1.54) is 11.3 Å². The monoisotopic (exact) mass is 280 g/mol. The summed E-state index contributed by atoms with van der Waals surface area (Å²) in [7, 11) is 0. The van der Waals surface area contributed by atoms with Crippen molar-refractivity contribution in [3.63, 3.8) is 0 Å². The number of nitrogens with zero attached hydrogens (tertiary/aromatic N) is 1. The molecule has 1 atom stereocenters. The van der Waals surface area contributed by atoms with Crippen LogP contribution in [0.5, 0.6) is 0 Å². The molecule has 0 aromatic carbocycles. The minimum Gasteiger partial charge on any atom is -0.459 e. The number of carbonyl (C=O) groups is 1. The van der Waals surface area contributed by atoms with Crippen molar-refractivity contribution in [3.05, 3.63) is 29.0 Å². The lowest BCUT2D eigenvalue weighted by Crippen LogP contribution is -2.36. The number of hydrogen-bond acceptors (Lipinski definition) is 5. The highest BCUT2D eigenvalue weighted by Gasteiger charge is 2.12. The van der Waals surface area contributed by atoms with Crippen molar-refractivity contribution in [2.75, 3.05) is 6.61 Å². The molecule has 2 aromatic heterocycles. The van der Waals surface area contributed by atoms with Crippen LogP contribution in [0.15, 0.2) is 21.9 Å². The molecule has 6 heteroatoms. The Hall–Kier alpha value is -1.66. The summed E-state index contributed by atoms with van der Waals surface area (Å²) < 4.78 is 5.48. The maximum absolute atomic E-state index is 11.7. The van der Waals surface area contributed by atoms with Crippen LogP contribution >= 0.6 is 11.3 Å². The van der Waals surface area contributed by atoms with Gasteiger partial charge in [-0.2, -0.15) is 0 Å². The van der Waals surface area contributed by atoms with E-state index in [0.29, 0.717) is 5.69 Å². The molecule has 0 saturated heterocycles. The fourth-order valence-corrected chi connectivity index (χ4v) is 2.37. The number of aromatic nitrogens is 1. The number of furan rings is 1. The van der Waals surface area contributed by atoms with Crippen molar-refractivity contribution < 1.29 is 14.3 Å². The third kappa shape index (κ3) is 3.65. The lowest BCUT2D eigenvalue weighted by atomic mass is 10.3. The number of aliphatic hydroxyl groups excluding tert-OH is 1. The van der Waals surface area contributed by atoms with Crippen molar-refractivity contribution in [2.45, 2.75) is 26.3 Å².